The number of nitrogens with one attached hydrogen (secondary N) is 1. The van der Waals surface area contributed by atoms with Crippen LogP contribution in [0.1, 0.15) is 20.8 Å². The number of hydrazone groups is 1. The summed E-state index contributed by atoms with van der Waals surface area (Å²) in [6, 6.07) is 6.65. The molecule has 0 aliphatic carbocycles. The fourth-order valence-electron chi connectivity index (χ4n) is 1.40. The van der Waals surface area contributed by atoms with E-state index in [1.165, 1.54) is 0 Å². The summed E-state index contributed by atoms with van der Waals surface area (Å²) in [6.45, 7) is 5.14. The van der Waals surface area contributed by atoms with Crippen LogP contribution in [0.5, 0.6) is 5.75 Å². The largest absolute Gasteiger partial charge is 0.484 e. The number of hydrogen-bond donors (Lipinski definition) is 1. The number of amides is 1. The number of ether oxygens (including phenoxy) is 2. The second kappa shape index (κ2) is 9.04. The molecular weight excluding hydrogens is 308 g/mol. The van der Waals surface area contributed by atoms with Crippen molar-refractivity contribution in [3.8, 4) is 5.75 Å². The predicted octanol–water partition coefficient (Wildman–Crippen LogP) is 2.41. The summed E-state index contributed by atoms with van der Waals surface area (Å²) in [5, 5.41) is 4.46. The first-order valence-corrected chi connectivity index (χ1v) is 7.19. The minimum absolute atomic E-state index is 0.188. The van der Waals surface area contributed by atoms with Crippen LogP contribution < -0.4 is 10.2 Å². The third kappa shape index (κ3) is 6.13. The van der Waals surface area contributed by atoms with E-state index in [1.807, 2.05) is 0 Å². The number of hydrogen-bond acceptors (Lipinski definition) is 5. The molecule has 0 heterocycles. The normalized spacial score (nSPS) is 12.5. The highest BCUT2D eigenvalue weighted by molar-refractivity contribution is 6.30. The third-order valence-electron chi connectivity index (χ3n) is 2.81. The molecule has 1 unspecified atom stereocenters. The monoisotopic (exact) mass is 326 g/mol. The first kappa shape index (κ1) is 18.0. The Morgan fingerprint density at radius 1 is 1.32 bits per heavy atom. The summed E-state index contributed by atoms with van der Waals surface area (Å²) in [4.78, 5) is 23.1. The second-order valence-electron chi connectivity index (χ2n) is 4.50. The zero-order chi connectivity index (χ0) is 16.5. The van der Waals surface area contributed by atoms with Gasteiger partial charge in [-0.25, -0.2) is 5.43 Å². The van der Waals surface area contributed by atoms with Gasteiger partial charge in [-0.1, -0.05) is 11.6 Å². The van der Waals surface area contributed by atoms with Gasteiger partial charge in [0.2, 0.25) is 0 Å². The summed E-state index contributed by atoms with van der Waals surface area (Å²) >= 11 is 5.75. The van der Waals surface area contributed by atoms with Crippen molar-refractivity contribution in [3.05, 3.63) is 29.3 Å². The van der Waals surface area contributed by atoms with Crippen molar-refractivity contribution in [3.63, 3.8) is 0 Å². The molecule has 1 aromatic rings. The topological polar surface area (TPSA) is 77.0 Å². The smallest absolute Gasteiger partial charge is 0.314 e. The average Bonchev–Trinajstić information content (AvgIpc) is 2.51. The van der Waals surface area contributed by atoms with Gasteiger partial charge in [0.05, 0.1) is 12.5 Å². The van der Waals surface area contributed by atoms with E-state index in [4.69, 9.17) is 21.1 Å². The van der Waals surface area contributed by atoms with E-state index in [-0.39, 0.29) is 12.6 Å². The Balaban J connectivity index is 2.42. The number of halogens is 1. The van der Waals surface area contributed by atoms with E-state index < -0.39 is 11.8 Å². The first-order chi connectivity index (χ1) is 10.4. The van der Waals surface area contributed by atoms with E-state index in [0.29, 0.717) is 23.1 Å². The number of carbonyl (C=O) groups is 2. The van der Waals surface area contributed by atoms with E-state index in [0.717, 1.165) is 0 Å². The maximum absolute atomic E-state index is 11.6. The fourth-order valence-corrected chi connectivity index (χ4v) is 1.52. The van der Waals surface area contributed by atoms with Crippen molar-refractivity contribution in [2.24, 2.45) is 11.0 Å². The molecular formula is C15H19ClN2O4. The van der Waals surface area contributed by atoms with Crippen LogP contribution in [-0.4, -0.2) is 30.8 Å². The summed E-state index contributed by atoms with van der Waals surface area (Å²) < 4.78 is 10.1. The lowest BCUT2D eigenvalue weighted by molar-refractivity contribution is -0.145. The second-order valence-corrected chi connectivity index (χ2v) is 4.94. The molecule has 0 aliphatic heterocycles. The molecule has 0 radical (unpaired) electrons. The molecule has 0 saturated heterocycles. The molecule has 7 heteroatoms. The summed E-state index contributed by atoms with van der Waals surface area (Å²) in [7, 11) is 0. The van der Waals surface area contributed by atoms with Crippen LogP contribution in [0, 0.1) is 5.92 Å². The molecule has 0 bridgehead atoms. The zero-order valence-electron chi connectivity index (χ0n) is 12.8. The highest BCUT2D eigenvalue weighted by atomic mass is 35.5. The van der Waals surface area contributed by atoms with Crippen molar-refractivity contribution in [2.75, 3.05) is 13.2 Å². The van der Waals surface area contributed by atoms with Gasteiger partial charge in [-0.05, 0) is 45.0 Å². The van der Waals surface area contributed by atoms with Crippen LogP contribution >= 0.6 is 11.6 Å². The average molecular weight is 327 g/mol. The van der Waals surface area contributed by atoms with E-state index in [9.17, 15) is 9.59 Å². The summed E-state index contributed by atoms with van der Waals surface area (Å²) in [5.74, 6) is -0.793. The number of nitrogens with zero attached hydrogens (tertiary/aromatic N) is 1. The molecule has 0 saturated carbocycles. The number of benzene rings is 1. The van der Waals surface area contributed by atoms with Crippen LogP contribution in [0.4, 0.5) is 0 Å². The van der Waals surface area contributed by atoms with Gasteiger partial charge >= 0.3 is 5.97 Å². The highest BCUT2D eigenvalue weighted by Gasteiger charge is 2.17. The van der Waals surface area contributed by atoms with Crippen molar-refractivity contribution in [1.82, 2.24) is 5.43 Å². The van der Waals surface area contributed by atoms with Crippen LogP contribution in [0.25, 0.3) is 0 Å². The van der Waals surface area contributed by atoms with Gasteiger partial charge in [-0.15, -0.1) is 0 Å². The van der Waals surface area contributed by atoms with Gasteiger partial charge in [-0.2, -0.15) is 5.10 Å². The lowest BCUT2D eigenvalue weighted by Gasteiger charge is -2.10. The molecule has 120 valence electrons. The van der Waals surface area contributed by atoms with E-state index in [1.54, 1.807) is 45.0 Å². The van der Waals surface area contributed by atoms with Crippen molar-refractivity contribution >= 4 is 29.2 Å². The Morgan fingerprint density at radius 3 is 2.55 bits per heavy atom. The molecule has 1 rings (SSSR count). The standard InChI is InChI=1S/C15H19ClN2O4/c1-4-21-15(20)10(2)11(3)17-18-14(19)9-22-13-7-5-12(16)6-8-13/h5-8,10H,4,9H2,1-3H3,(H,18,19)/b17-11+. The maximum Gasteiger partial charge on any atom is 0.314 e. The van der Waals surface area contributed by atoms with Crippen LogP contribution in [-0.2, 0) is 14.3 Å². The van der Waals surface area contributed by atoms with Gasteiger partial charge < -0.3 is 9.47 Å². The van der Waals surface area contributed by atoms with Crippen LogP contribution in [0.15, 0.2) is 29.4 Å². The molecule has 1 aromatic carbocycles. The Bertz CT molecular complexity index is 543. The van der Waals surface area contributed by atoms with Gasteiger partial charge in [-0.3, -0.25) is 9.59 Å². The molecule has 1 atom stereocenters. The highest BCUT2D eigenvalue weighted by Crippen LogP contribution is 2.15. The minimum atomic E-state index is -0.516. The molecule has 22 heavy (non-hydrogen) atoms. The zero-order valence-corrected chi connectivity index (χ0v) is 13.5. The lowest BCUT2D eigenvalue weighted by Crippen LogP contribution is -2.28. The van der Waals surface area contributed by atoms with Crippen LogP contribution in [0.2, 0.25) is 5.02 Å². The third-order valence-corrected chi connectivity index (χ3v) is 3.06. The SMILES string of the molecule is CCOC(=O)C(C)/C(C)=N/NC(=O)COc1ccc(Cl)cc1. The van der Waals surface area contributed by atoms with E-state index in [2.05, 4.69) is 10.5 Å². The van der Waals surface area contributed by atoms with E-state index >= 15 is 0 Å². The molecule has 1 amide bonds. The molecule has 0 aromatic heterocycles. The molecule has 6 nitrogen and oxygen atoms in total. The minimum Gasteiger partial charge on any atom is -0.484 e. The van der Waals surface area contributed by atoms with Gasteiger partial charge in [0, 0.05) is 10.7 Å². The molecule has 1 N–H and O–H groups in total. The Morgan fingerprint density at radius 2 is 1.95 bits per heavy atom. The van der Waals surface area contributed by atoms with Crippen molar-refractivity contribution < 1.29 is 19.1 Å². The Kier molecular flexibility index (Phi) is 7.39. The van der Waals surface area contributed by atoms with Gasteiger partial charge in [0.1, 0.15) is 5.75 Å². The predicted molar refractivity (Wildman–Crippen MR) is 84.0 cm³/mol. The Hall–Kier alpha value is -2.08. The maximum atomic E-state index is 11.6. The fraction of sp³-hybridized carbons (Fsp3) is 0.400. The summed E-state index contributed by atoms with van der Waals surface area (Å²) in [5.41, 5.74) is 2.79. The molecule has 0 fully saturated rings. The quantitative estimate of drug-likeness (QED) is 0.474. The molecule has 0 aliphatic rings. The number of esters is 1. The number of rotatable bonds is 7. The van der Waals surface area contributed by atoms with Gasteiger partial charge in [0.15, 0.2) is 6.61 Å². The van der Waals surface area contributed by atoms with Crippen LogP contribution in [0.3, 0.4) is 0 Å². The Labute approximate surface area is 134 Å². The van der Waals surface area contributed by atoms with Crippen molar-refractivity contribution in [2.45, 2.75) is 20.8 Å². The summed E-state index contributed by atoms with van der Waals surface area (Å²) in [6.07, 6.45) is 0. The lowest BCUT2D eigenvalue weighted by atomic mass is 10.1. The number of carbonyl (C=O) groups excluding carboxylic acids is 2. The van der Waals surface area contributed by atoms with Gasteiger partial charge in [0.25, 0.3) is 5.91 Å². The first-order valence-electron chi connectivity index (χ1n) is 6.82. The molecule has 0 spiro atoms. The van der Waals surface area contributed by atoms with Crippen molar-refractivity contribution in [1.29, 1.82) is 0 Å².